The second-order valence-electron chi connectivity index (χ2n) is 3.67. The monoisotopic (exact) mass is 180 g/mol. The minimum atomic E-state index is 0.767. The van der Waals surface area contributed by atoms with Gasteiger partial charge in [0.15, 0.2) is 5.82 Å². The third-order valence-corrected chi connectivity index (χ3v) is 2.53. The number of hydrogen-bond donors (Lipinski definition) is 1. The molecule has 0 atom stereocenters. The van der Waals surface area contributed by atoms with Crippen LogP contribution in [0, 0.1) is 0 Å². The fraction of sp³-hybridized carbons (Fsp3) is 0.778. The molecule has 1 aliphatic rings. The molecule has 0 aliphatic heterocycles. The molecule has 2 rings (SSSR count). The Balaban J connectivity index is 1.67. The summed E-state index contributed by atoms with van der Waals surface area (Å²) in [6, 6.07) is 0.767. The van der Waals surface area contributed by atoms with E-state index in [9.17, 15) is 0 Å². The Bertz CT molecular complexity index is 264. The first-order chi connectivity index (χ1) is 6.34. The molecule has 1 aromatic heterocycles. The van der Waals surface area contributed by atoms with Crippen LogP contribution in [0.15, 0.2) is 6.33 Å². The molecule has 13 heavy (non-hydrogen) atoms. The molecule has 72 valence electrons. The van der Waals surface area contributed by atoms with Gasteiger partial charge in [-0.2, -0.15) is 5.10 Å². The lowest BCUT2D eigenvalue weighted by atomic mass is 9.93. The van der Waals surface area contributed by atoms with Crippen molar-refractivity contribution in [3.05, 3.63) is 12.2 Å². The van der Waals surface area contributed by atoms with Crippen molar-refractivity contribution >= 4 is 0 Å². The predicted molar refractivity (Wildman–Crippen MR) is 50.3 cm³/mol. The van der Waals surface area contributed by atoms with Crippen LogP contribution in [0.5, 0.6) is 0 Å². The molecule has 0 aromatic carbocycles. The molecular formula is C9H16N4. The van der Waals surface area contributed by atoms with Gasteiger partial charge in [-0.05, 0) is 12.8 Å². The van der Waals surface area contributed by atoms with Crippen molar-refractivity contribution in [3.63, 3.8) is 0 Å². The van der Waals surface area contributed by atoms with E-state index in [0.717, 1.165) is 24.8 Å². The van der Waals surface area contributed by atoms with Gasteiger partial charge >= 0.3 is 0 Å². The smallest absolute Gasteiger partial charge is 0.151 e. The quantitative estimate of drug-likeness (QED) is 0.733. The maximum absolute atomic E-state index is 4.22. The number of rotatable bonds is 4. The van der Waals surface area contributed by atoms with Gasteiger partial charge in [0.1, 0.15) is 6.33 Å². The second-order valence-corrected chi connectivity index (χ2v) is 3.67. The van der Waals surface area contributed by atoms with Crippen LogP contribution in [0.25, 0.3) is 0 Å². The Morgan fingerprint density at radius 3 is 3.00 bits per heavy atom. The first-order valence-corrected chi connectivity index (χ1v) is 4.92. The Labute approximate surface area is 78.4 Å². The van der Waals surface area contributed by atoms with Gasteiger partial charge in [-0.3, -0.25) is 4.68 Å². The molecule has 0 spiro atoms. The molecule has 0 amide bonds. The number of hydrogen-bond acceptors (Lipinski definition) is 3. The van der Waals surface area contributed by atoms with Crippen molar-refractivity contribution in [2.24, 2.45) is 7.05 Å². The summed E-state index contributed by atoms with van der Waals surface area (Å²) in [5.41, 5.74) is 0. The zero-order valence-electron chi connectivity index (χ0n) is 8.03. The van der Waals surface area contributed by atoms with E-state index in [-0.39, 0.29) is 0 Å². The van der Waals surface area contributed by atoms with Crippen LogP contribution >= 0.6 is 0 Å². The number of nitrogens with one attached hydrogen (secondary N) is 1. The first kappa shape index (κ1) is 8.69. The zero-order valence-corrected chi connectivity index (χ0v) is 8.03. The van der Waals surface area contributed by atoms with Crippen molar-refractivity contribution in [1.29, 1.82) is 0 Å². The van der Waals surface area contributed by atoms with Crippen molar-refractivity contribution in [3.8, 4) is 0 Å². The minimum absolute atomic E-state index is 0.767. The lowest BCUT2D eigenvalue weighted by Crippen LogP contribution is -2.36. The molecule has 4 nitrogen and oxygen atoms in total. The molecule has 1 saturated carbocycles. The number of aryl methyl sites for hydroxylation is 1. The van der Waals surface area contributed by atoms with E-state index < -0.39 is 0 Å². The highest BCUT2D eigenvalue weighted by molar-refractivity contribution is 4.84. The average Bonchev–Trinajstić information content (AvgIpc) is 2.42. The summed E-state index contributed by atoms with van der Waals surface area (Å²) in [6.45, 7) is 1.01. The molecule has 1 heterocycles. The van der Waals surface area contributed by atoms with Gasteiger partial charge in [0.2, 0.25) is 0 Å². The molecule has 0 saturated heterocycles. The SMILES string of the molecule is Cn1cnc(CCNC2CCC2)n1. The van der Waals surface area contributed by atoms with Crippen LogP contribution in [0.2, 0.25) is 0 Å². The topological polar surface area (TPSA) is 42.7 Å². The molecule has 1 aromatic rings. The van der Waals surface area contributed by atoms with E-state index in [2.05, 4.69) is 15.4 Å². The van der Waals surface area contributed by atoms with E-state index in [1.807, 2.05) is 7.05 Å². The predicted octanol–water partition coefficient (Wildman–Crippen LogP) is 0.500. The summed E-state index contributed by atoms with van der Waals surface area (Å²) in [5.74, 6) is 0.939. The van der Waals surface area contributed by atoms with Crippen LogP contribution in [0.4, 0.5) is 0 Å². The summed E-state index contributed by atoms with van der Waals surface area (Å²) in [7, 11) is 1.90. The van der Waals surface area contributed by atoms with Crippen molar-refractivity contribution in [1.82, 2.24) is 20.1 Å². The third kappa shape index (κ3) is 2.28. The first-order valence-electron chi connectivity index (χ1n) is 4.92. The van der Waals surface area contributed by atoms with Gasteiger partial charge in [-0.15, -0.1) is 0 Å². The minimum Gasteiger partial charge on any atom is -0.314 e. The normalized spacial score (nSPS) is 17.3. The maximum atomic E-state index is 4.22. The van der Waals surface area contributed by atoms with Gasteiger partial charge in [-0.25, -0.2) is 4.98 Å². The number of aromatic nitrogens is 3. The fourth-order valence-electron chi connectivity index (χ4n) is 1.50. The van der Waals surface area contributed by atoms with Crippen LogP contribution in [0.1, 0.15) is 25.1 Å². The lowest BCUT2D eigenvalue weighted by molar-refractivity contribution is 0.341. The highest BCUT2D eigenvalue weighted by Crippen LogP contribution is 2.17. The van der Waals surface area contributed by atoms with Gasteiger partial charge in [0, 0.05) is 26.1 Å². The standard InChI is InChI=1S/C9H16N4/c1-13-7-11-9(12-13)5-6-10-8-3-2-4-8/h7-8,10H,2-6H2,1H3. The number of nitrogens with zero attached hydrogens (tertiary/aromatic N) is 3. The molecule has 0 unspecified atom stereocenters. The Hall–Kier alpha value is -0.900. The Kier molecular flexibility index (Phi) is 2.59. The van der Waals surface area contributed by atoms with E-state index in [4.69, 9.17) is 0 Å². The van der Waals surface area contributed by atoms with Crippen LogP contribution in [-0.4, -0.2) is 27.4 Å². The van der Waals surface area contributed by atoms with Gasteiger partial charge < -0.3 is 5.32 Å². The van der Waals surface area contributed by atoms with Gasteiger partial charge in [0.05, 0.1) is 0 Å². The largest absolute Gasteiger partial charge is 0.314 e. The summed E-state index contributed by atoms with van der Waals surface area (Å²) < 4.78 is 1.75. The van der Waals surface area contributed by atoms with Crippen LogP contribution in [-0.2, 0) is 13.5 Å². The van der Waals surface area contributed by atoms with E-state index in [0.29, 0.717) is 0 Å². The molecule has 1 N–H and O–H groups in total. The van der Waals surface area contributed by atoms with Crippen LogP contribution < -0.4 is 5.32 Å². The highest BCUT2D eigenvalue weighted by atomic mass is 15.3. The molecule has 4 heteroatoms. The summed E-state index contributed by atoms with van der Waals surface area (Å²) in [4.78, 5) is 4.17. The van der Waals surface area contributed by atoms with Gasteiger partial charge in [-0.1, -0.05) is 6.42 Å². The maximum Gasteiger partial charge on any atom is 0.151 e. The molecular weight excluding hydrogens is 164 g/mol. The fourth-order valence-corrected chi connectivity index (χ4v) is 1.50. The Morgan fingerprint density at radius 2 is 2.46 bits per heavy atom. The van der Waals surface area contributed by atoms with Crippen LogP contribution in [0.3, 0.4) is 0 Å². The van der Waals surface area contributed by atoms with Crippen molar-refractivity contribution in [2.45, 2.75) is 31.7 Å². The second kappa shape index (κ2) is 3.87. The third-order valence-electron chi connectivity index (χ3n) is 2.53. The lowest BCUT2D eigenvalue weighted by Gasteiger charge is -2.26. The molecule has 1 fully saturated rings. The molecule has 0 bridgehead atoms. The summed E-state index contributed by atoms with van der Waals surface area (Å²) >= 11 is 0. The average molecular weight is 180 g/mol. The molecule has 1 aliphatic carbocycles. The zero-order chi connectivity index (χ0) is 9.10. The van der Waals surface area contributed by atoms with Crippen molar-refractivity contribution < 1.29 is 0 Å². The molecule has 0 radical (unpaired) electrons. The van der Waals surface area contributed by atoms with E-state index in [1.54, 1.807) is 11.0 Å². The summed E-state index contributed by atoms with van der Waals surface area (Å²) in [5, 5.41) is 7.70. The highest BCUT2D eigenvalue weighted by Gasteiger charge is 2.15. The van der Waals surface area contributed by atoms with E-state index >= 15 is 0 Å². The van der Waals surface area contributed by atoms with Gasteiger partial charge in [0.25, 0.3) is 0 Å². The van der Waals surface area contributed by atoms with E-state index in [1.165, 1.54) is 19.3 Å². The summed E-state index contributed by atoms with van der Waals surface area (Å²) in [6.07, 6.45) is 6.76. The Morgan fingerprint density at radius 1 is 1.62 bits per heavy atom. The van der Waals surface area contributed by atoms with Crippen molar-refractivity contribution in [2.75, 3.05) is 6.54 Å².